The van der Waals surface area contributed by atoms with Crippen LogP contribution in [0.4, 0.5) is 34.5 Å². The van der Waals surface area contributed by atoms with Gasteiger partial charge in [-0.05, 0) is 57.0 Å². The zero-order valence-electron chi connectivity index (χ0n) is 20.7. The maximum Gasteiger partial charge on any atom is 0.294 e. The summed E-state index contributed by atoms with van der Waals surface area (Å²) < 4.78 is 12.7. The van der Waals surface area contributed by atoms with E-state index in [4.69, 9.17) is 11.6 Å². The summed E-state index contributed by atoms with van der Waals surface area (Å²) >= 11 is 6.35. The Labute approximate surface area is 220 Å². The van der Waals surface area contributed by atoms with E-state index in [1.807, 2.05) is 24.3 Å². The smallest absolute Gasteiger partial charge is 0.294 e. The first-order chi connectivity index (χ1) is 17.7. The topological polar surface area (TPSA) is 117 Å². The molecule has 0 radical (unpaired) electrons. The van der Waals surface area contributed by atoms with Crippen molar-refractivity contribution in [1.82, 2.24) is 14.9 Å². The molecule has 1 aromatic heterocycles. The number of hydrogen-bond acceptors (Lipinski definition) is 9. The summed E-state index contributed by atoms with van der Waals surface area (Å²) in [6.45, 7) is 7.00. The molecule has 12 heteroatoms. The molecule has 37 heavy (non-hydrogen) atoms. The maximum atomic E-state index is 12.7. The van der Waals surface area contributed by atoms with Gasteiger partial charge in [-0.3, -0.25) is 15.0 Å². The zero-order chi connectivity index (χ0) is 26.2. The van der Waals surface area contributed by atoms with Crippen LogP contribution in [-0.4, -0.2) is 65.3 Å². The Morgan fingerprint density at radius 1 is 1.14 bits per heavy atom. The van der Waals surface area contributed by atoms with E-state index in [2.05, 4.69) is 30.4 Å². The van der Waals surface area contributed by atoms with Crippen molar-refractivity contribution in [3.8, 4) is 0 Å². The van der Waals surface area contributed by atoms with E-state index in [9.17, 15) is 14.7 Å². The van der Waals surface area contributed by atoms with Crippen LogP contribution in [0.3, 0.4) is 0 Å². The van der Waals surface area contributed by atoms with Gasteiger partial charge in [-0.2, -0.15) is 4.98 Å². The lowest BCUT2D eigenvalue weighted by Gasteiger charge is -2.38. The molecule has 0 saturated carbocycles. The third-order valence-corrected chi connectivity index (χ3v) is 8.66. The summed E-state index contributed by atoms with van der Waals surface area (Å²) in [6.07, 6.45) is 3.76. The van der Waals surface area contributed by atoms with E-state index < -0.39 is 7.14 Å². The molecule has 2 aliphatic rings. The molecule has 0 spiro atoms. The van der Waals surface area contributed by atoms with Gasteiger partial charge in [0, 0.05) is 42.7 Å². The van der Waals surface area contributed by atoms with Gasteiger partial charge in [-0.1, -0.05) is 23.7 Å². The molecule has 194 valence electrons. The first-order valence-electron chi connectivity index (χ1n) is 12.2. The number of rotatable bonds is 7. The van der Waals surface area contributed by atoms with Crippen LogP contribution in [0.5, 0.6) is 0 Å². The van der Waals surface area contributed by atoms with Crippen LogP contribution in [0.25, 0.3) is 0 Å². The van der Waals surface area contributed by atoms with Crippen LogP contribution in [0.1, 0.15) is 12.8 Å². The molecule has 1 atom stereocenters. The van der Waals surface area contributed by atoms with Gasteiger partial charge in [0.2, 0.25) is 5.95 Å². The van der Waals surface area contributed by atoms with Crippen LogP contribution in [0, 0.1) is 10.1 Å². The molecule has 0 amide bonds. The van der Waals surface area contributed by atoms with Gasteiger partial charge < -0.3 is 20.1 Å². The van der Waals surface area contributed by atoms with Gasteiger partial charge >= 0.3 is 0 Å². The Morgan fingerprint density at radius 3 is 2.73 bits per heavy atom. The number of nitrogens with one attached hydrogen (secondary N) is 2. The predicted octanol–water partition coefficient (Wildman–Crippen LogP) is 5.06. The van der Waals surface area contributed by atoms with Gasteiger partial charge in [-0.25, -0.2) is 4.98 Å². The summed E-state index contributed by atoms with van der Waals surface area (Å²) in [4.78, 5) is 24.9. The van der Waals surface area contributed by atoms with E-state index in [0.717, 1.165) is 32.6 Å². The predicted molar refractivity (Wildman–Crippen MR) is 149 cm³/mol. The van der Waals surface area contributed by atoms with Crippen molar-refractivity contribution < 1.29 is 9.49 Å². The van der Waals surface area contributed by atoms with Gasteiger partial charge in [0.1, 0.15) is 17.9 Å². The first kappa shape index (κ1) is 25.4. The lowest BCUT2D eigenvalue weighted by Crippen LogP contribution is -2.50. The van der Waals surface area contributed by atoms with Crippen LogP contribution in [-0.2, 0) is 4.57 Å². The molecule has 3 heterocycles. The number of nitro groups is 1. The molecule has 0 bridgehead atoms. The third-order valence-electron chi connectivity index (χ3n) is 6.84. The Balaban J connectivity index is 1.38. The fourth-order valence-corrected chi connectivity index (χ4v) is 6.34. The van der Waals surface area contributed by atoms with E-state index >= 15 is 0 Å². The Bertz CT molecular complexity index is 1380. The molecule has 2 fully saturated rings. The van der Waals surface area contributed by atoms with Crippen molar-refractivity contribution in [2.24, 2.45) is 0 Å². The second kappa shape index (κ2) is 10.3. The summed E-state index contributed by atoms with van der Waals surface area (Å²) in [5.41, 5.74) is 1.81. The van der Waals surface area contributed by atoms with Gasteiger partial charge in [0.15, 0.2) is 5.82 Å². The number of anilines is 5. The van der Waals surface area contributed by atoms with Crippen molar-refractivity contribution in [1.29, 1.82) is 0 Å². The molecule has 2 N–H and O–H groups in total. The van der Waals surface area contributed by atoms with Crippen molar-refractivity contribution in [3.05, 3.63) is 63.8 Å². The van der Waals surface area contributed by atoms with Crippen molar-refractivity contribution in [2.45, 2.75) is 18.9 Å². The Kier molecular flexibility index (Phi) is 7.07. The first-order valence-corrected chi connectivity index (χ1v) is 15.2. The molecular formula is C25H29ClN7O3P. The van der Waals surface area contributed by atoms with Crippen molar-refractivity contribution in [2.75, 3.05) is 55.0 Å². The second-order valence-corrected chi connectivity index (χ2v) is 13.3. The average Bonchev–Trinajstić information content (AvgIpc) is 3.34. The van der Waals surface area contributed by atoms with Crippen LogP contribution >= 0.6 is 18.7 Å². The number of hydrogen-bond donors (Lipinski definition) is 2. The van der Waals surface area contributed by atoms with Crippen LogP contribution in [0.15, 0.2) is 48.7 Å². The monoisotopic (exact) mass is 541 g/mol. The molecule has 0 unspecified atom stereocenters. The summed E-state index contributed by atoms with van der Waals surface area (Å²) in [5, 5.41) is 19.2. The SMILES string of the molecule is CP(C)(=O)c1ccccc1Nc1nc(Nc2ccc(N3CCN4CCC[C@H]4C3)c([N+](=O)[O-])c2)ncc1Cl. The van der Waals surface area contributed by atoms with E-state index in [0.29, 0.717) is 34.2 Å². The van der Waals surface area contributed by atoms with Crippen molar-refractivity contribution >= 4 is 58.6 Å². The van der Waals surface area contributed by atoms with E-state index in [1.165, 1.54) is 18.7 Å². The summed E-state index contributed by atoms with van der Waals surface area (Å²) in [6, 6.07) is 12.9. The Morgan fingerprint density at radius 2 is 1.95 bits per heavy atom. The number of nitro benzene ring substituents is 1. The number of halogens is 1. The molecule has 2 saturated heterocycles. The molecule has 2 aromatic carbocycles. The maximum absolute atomic E-state index is 12.7. The highest BCUT2D eigenvalue weighted by atomic mass is 35.5. The number of para-hydroxylation sites is 1. The number of fused-ring (bicyclic) bond motifs is 1. The van der Waals surface area contributed by atoms with E-state index in [1.54, 1.807) is 25.5 Å². The van der Waals surface area contributed by atoms with E-state index in [-0.39, 0.29) is 21.6 Å². The number of benzene rings is 2. The van der Waals surface area contributed by atoms with Crippen LogP contribution < -0.4 is 20.8 Å². The quantitative estimate of drug-likeness (QED) is 0.240. The van der Waals surface area contributed by atoms with Crippen molar-refractivity contribution in [3.63, 3.8) is 0 Å². The average molecular weight is 542 g/mol. The minimum atomic E-state index is -2.55. The summed E-state index contributed by atoms with van der Waals surface area (Å²) in [5.74, 6) is 0.558. The normalized spacial score (nSPS) is 17.9. The fourth-order valence-electron chi connectivity index (χ4n) is 5.05. The van der Waals surface area contributed by atoms with Gasteiger partial charge in [0.25, 0.3) is 5.69 Å². The summed E-state index contributed by atoms with van der Waals surface area (Å²) in [7, 11) is -2.55. The lowest BCUT2D eigenvalue weighted by molar-refractivity contribution is -0.384. The van der Waals surface area contributed by atoms with Gasteiger partial charge in [0.05, 0.1) is 16.8 Å². The molecule has 2 aliphatic heterocycles. The highest BCUT2D eigenvalue weighted by Crippen LogP contribution is 2.39. The molecule has 5 rings (SSSR count). The highest BCUT2D eigenvalue weighted by molar-refractivity contribution is 7.70. The fraction of sp³-hybridized carbons (Fsp3) is 0.360. The Hall–Kier alpha value is -3.20. The van der Waals surface area contributed by atoms with Gasteiger partial charge in [-0.15, -0.1) is 0 Å². The minimum Gasteiger partial charge on any atom is -0.363 e. The number of piperazine rings is 1. The zero-order valence-corrected chi connectivity index (χ0v) is 22.4. The number of nitrogens with zero attached hydrogens (tertiary/aromatic N) is 5. The highest BCUT2D eigenvalue weighted by Gasteiger charge is 2.33. The minimum absolute atomic E-state index is 0.0410. The number of aromatic nitrogens is 2. The molecule has 0 aliphatic carbocycles. The second-order valence-electron chi connectivity index (χ2n) is 9.75. The largest absolute Gasteiger partial charge is 0.363 e. The molecular weight excluding hydrogens is 513 g/mol. The molecule has 10 nitrogen and oxygen atoms in total. The lowest BCUT2D eigenvalue weighted by atomic mass is 10.1. The van der Waals surface area contributed by atoms with Crippen LogP contribution in [0.2, 0.25) is 5.02 Å². The third kappa shape index (κ3) is 5.56. The molecule has 3 aromatic rings. The standard InChI is InChI=1S/C25H29ClN7O3P/c1-37(2,36)23-8-4-3-7-20(23)29-24-19(26)15-27-25(30-24)28-17-9-10-21(22(14-17)33(34)35)32-13-12-31-11-5-6-18(31)16-32/h3-4,7-10,14-15,18H,5-6,11-13,16H2,1-2H3,(H2,27,28,29,30)/t18-/m0/s1.